The van der Waals surface area contributed by atoms with Gasteiger partial charge in [-0.05, 0) is 30.7 Å². The number of halogens is 1. The molecular formula is C20H17FN2OS2. The molecule has 0 radical (unpaired) electrons. The predicted molar refractivity (Wildman–Crippen MR) is 105 cm³/mol. The number of aryl methyl sites for hydroxylation is 2. The van der Waals surface area contributed by atoms with Crippen LogP contribution in [0.5, 0.6) is 0 Å². The molecule has 0 spiro atoms. The third-order valence-electron chi connectivity index (χ3n) is 4.27. The quantitative estimate of drug-likeness (QED) is 0.486. The number of hydrogen-bond donors (Lipinski definition) is 0. The monoisotopic (exact) mass is 384 g/mol. The number of rotatable bonds is 4. The minimum Gasteiger partial charge on any atom is -0.268 e. The van der Waals surface area contributed by atoms with Crippen LogP contribution >= 0.6 is 23.5 Å². The van der Waals surface area contributed by atoms with Gasteiger partial charge in [0.2, 0.25) is 0 Å². The molecule has 0 aliphatic carbocycles. The van der Waals surface area contributed by atoms with Gasteiger partial charge >= 0.3 is 0 Å². The molecule has 2 aromatic carbocycles. The van der Waals surface area contributed by atoms with Gasteiger partial charge < -0.3 is 0 Å². The average molecular weight is 385 g/mol. The van der Waals surface area contributed by atoms with Crippen LogP contribution < -0.4 is 5.56 Å². The minimum atomic E-state index is -0.235. The first-order valence-electron chi connectivity index (χ1n) is 8.35. The number of hydrogen-bond acceptors (Lipinski definition) is 4. The zero-order valence-corrected chi connectivity index (χ0v) is 15.9. The molecule has 3 aromatic rings. The van der Waals surface area contributed by atoms with Crippen LogP contribution in [0.1, 0.15) is 16.8 Å². The van der Waals surface area contributed by atoms with E-state index in [1.54, 1.807) is 28.5 Å². The smallest absolute Gasteiger partial charge is 0.268 e. The third-order valence-corrected chi connectivity index (χ3v) is 6.37. The largest absolute Gasteiger partial charge is 0.272 e. The van der Waals surface area contributed by atoms with Gasteiger partial charge in [-0.2, -0.15) is 0 Å². The number of fused-ring (bicyclic) bond motifs is 1. The standard InChI is InChI=1S/C20H17FN2OS2/c1-13-6-8-15(9-7-13)23-19(24)18-17(10-11-25-18)22-20(23)26-12-14-4-2-3-5-16(14)21/h2-9H,10-12H2,1H3. The van der Waals surface area contributed by atoms with Crippen LogP contribution in [-0.4, -0.2) is 15.3 Å². The Morgan fingerprint density at radius 3 is 2.73 bits per heavy atom. The van der Waals surface area contributed by atoms with Gasteiger partial charge in [-0.25, -0.2) is 9.37 Å². The van der Waals surface area contributed by atoms with E-state index in [-0.39, 0.29) is 11.4 Å². The Labute approximate surface area is 159 Å². The van der Waals surface area contributed by atoms with E-state index in [2.05, 4.69) is 0 Å². The second kappa shape index (κ2) is 7.29. The molecule has 0 unspecified atom stereocenters. The van der Waals surface area contributed by atoms with Crippen molar-refractivity contribution < 1.29 is 4.39 Å². The lowest BCUT2D eigenvalue weighted by molar-refractivity contribution is 0.617. The Kier molecular flexibility index (Phi) is 4.87. The molecule has 0 amide bonds. The summed E-state index contributed by atoms with van der Waals surface area (Å²) in [6.45, 7) is 2.01. The lowest BCUT2D eigenvalue weighted by Gasteiger charge is -2.14. The molecule has 26 heavy (non-hydrogen) atoms. The topological polar surface area (TPSA) is 34.9 Å². The Bertz CT molecular complexity index is 1020. The highest BCUT2D eigenvalue weighted by Gasteiger charge is 2.22. The van der Waals surface area contributed by atoms with Crippen molar-refractivity contribution in [1.82, 2.24) is 9.55 Å². The van der Waals surface area contributed by atoms with Gasteiger partial charge in [0.25, 0.3) is 5.56 Å². The van der Waals surface area contributed by atoms with Crippen LogP contribution in [0.25, 0.3) is 5.69 Å². The molecule has 0 atom stereocenters. The summed E-state index contributed by atoms with van der Waals surface area (Å²) < 4.78 is 15.6. The maximum atomic E-state index is 14.0. The molecule has 1 aliphatic heterocycles. The summed E-state index contributed by atoms with van der Waals surface area (Å²) in [5, 5.41) is 0.614. The molecule has 6 heteroatoms. The lowest BCUT2D eigenvalue weighted by atomic mass is 10.2. The van der Waals surface area contributed by atoms with Gasteiger partial charge in [0.1, 0.15) is 5.82 Å². The van der Waals surface area contributed by atoms with Crippen molar-refractivity contribution in [2.45, 2.75) is 29.1 Å². The fourth-order valence-electron chi connectivity index (χ4n) is 2.87. The molecule has 1 aliphatic rings. The number of aromatic nitrogens is 2. The number of benzene rings is 2. The first-order valence-corrected chi connectivity index (χ1v) is 10.3. The van der Waals surface area contributed by atoms with Gasteiger partial charge in [-0.3, -0.25) is 9.36 Å². The van der Waals surface area contributed by atoms with Crippen molar-refractivity contribution in [3.05, 3.63) is 81.5 Å². The fraction of sp³-hybridized carbons (Fsp3) is 0.200. The van der Waals surface area contributed by atoms with Gasteiger partial charge in [0.05, 0.1) is 16.3 Å². The summed E-state index contributed by atoms with van der Waals surface area (Å²) in [5.74, 6) is 1.07. The minimum absolute atomic E-state index is 0.0302. The van der Waals surface area contributed by atoms with Crippen LogP contribution in [-0.2, 0) is 12.2 Å². The van der Waals surface area contributed by atoms with Crippen molar-refractivity contribution in [3.8, 4) is 5.69 Å². The van der Waals surface area contributed by atoms with E-state index in [4.69, 9.17) is 4.98 Å². The van der Waals surface area contributed by atoms with E-state index in [0.29, 0.717) is 16.5 Å². The maximum absolute atomic E-state index is 14.0. The van der Waals surface area contributed by atoms with Gasteiger partial charge in [0.15, 0.2) is 5.16 Å². The predicted octanol–water partition coefficient (Wildman–Crippen LogP) is 4.62. The summed E-state index contributed by atoms with van der Waals surface area (Å²) in [5.41, 5.74) is 3.36. The Hall–Kier alpha value is -2.05. The van der Waals surface area contributed by atoms with E-state index in [9.17, 15) is 9.18 Å². The molecule has 0 saturated carbocycles. The molecule has 132 valence electrons. The van der Waals surface area contributed by atoms with E-state index in [1.165, 1.54) is 17.8 Å². The zero-order chi connectivity index (χ0) is 18.1. The molecule has 0 saturated heterocycles. The van der Waals surface area contributed by atoms with Crippen LogP contribution in [0, 0.1) is 12.7 Å². The summed E-state index contributed by atoms with van der Waals surface area (Å²) in [4.78, 5) is 18.5. The molecule has 4 rings (SSSR count). The van der Waals surface area contributed by atoms with Crippen LogP contribution in [0.15, 0.2) is 63.4 Å². The highest BCUT2D eigenvalue weighted by Crippen LogP contribution is 2.31. The van der Waals surface area contributed by atoms with Crippen molar-refractivity contribution >= 4 is 23.5 Å². The highest BCUT2D eigenvalue weighted by atomic mass is 32.2. The van der Waals surface area contributed by atoms with Gasteiger partial charge in [-0.15, -0.1) is 11.8 Å². The number of thioether (sulfide) groups is 2. The molecule has 0 N–H and O–H groups in total. The summed E-state index contributed by atoms with van der Waals surface area (Å²) >= 11 is 2.96. The van der Waals surface area contributed by atoms with Crippen molar-refractivity contribution in [1.29, 1.82) is 0 Å². The van der Waals surface area contributed by atoms with Crippen LogP contribution in [0.2, 0.25) is 0 Å². The first-order chi connectivity index (χ1) is 12.6. The third kappa shape index (κ3) is 3.31. The average Bonchev–Trinajstić information content (AvgIpc) is 3.11. The van der Waals surface area contributed by atoms with Crippen molar-refractivity contribution in [3.63, 3.8) is 0 Å². The van der Waals surface area contributed by atoms with Crippen LogP contribution in [0.4, 0.5) is 4.39 Å². The highest BCUT2D eigenvalue weighted by molar-refractivity contribution is 7.99. The Morgan fingerprint density at radius 1 is 1.19 bits per heavy atom. The van der Waals surface area contributed by atoms with E-state index in [0.717, 1.165) is 34.0 Å². The zero-order valence-electron chi connectivity index (χ0n) is 14.2. The van der Waals surface area contributed by atoms with Crippen LogP contribution in [0.3, 0.4) is 0 Å². The Morgan fingerprint density at radius 2 is 1.96 bits per heavy atom. The normalized spacial score (nSPS) is 13.0. The second-order valence-electron chi connectivity index (χ2n) is 6.12. The molecule has 3 nitrogen and oxygen atoms in total. The maximum Gasteiger partial charge on any atom is 0.272 e. The molecule has 0 fully saturated rings. The fourth-order valence-corrected chi connectivity index (χ4v) is 4.91. The van der Waals surface area contributed by atoms with Crippen molar-refractivity contribution in [2.75, 3.05) is 5.75 Å². The van der Waals surface area contributed by atoms with Gasteiger partial charge in [0, 0.05) is 17.9 Å². The lowest BCUT2D eigenvalue weighted by Crippen LogP contribution is -2.23. The second-order valence-corrected chi connectivity index (χ2v) is 8.17. The first kappa shape index (κ1) is 17.4. The van der Waals surface area contributed by atoms with Crippen molar-refractivity contribution in [2.24, 2.45) is 0 Å². The molecule has 2 heterocycles. The van der Waals surface area contributed by atoms with E-state index < -0.39 is 0 Å². The molecule has 0 bridgehead atoms. The summed E-state index contributed by atoms with van der Waals surface area (Å²) in [6.07, 6.45) is 0.803. The molecule has 1 aromatic heterocycles. The van der Waals surface area contributed by atoms with Gasteiger partial charge in [-0.1, -0.05) is 47.7 Å². The summed E-state index contributed by atoms with van der Waals surface area (Å²) in [7, 11) is 0. The SMILES string of the molecule is Cc1ccc(-n2c(SCc3ccccc3F)nc3c(c2=O)SCC3)cc1. The summed E-state index contributed by atoms with van der Waals surface area (Å²) in [6, 6.07) is 14.5. The van der Waals surface area contributed by atoms with E-state index in [1.807, 2.05) is 37.3 Å². The Balaban J connectivity index is 1.78. The number of nitrogens with zero attached hydrogens (tertiary/aromatic N) is 2. The molecular weight excluding hydrogens is 367 g/mol. The van der Waals surface area contributed by atoms with E-state index >= 15 is 0 Å².